The van der Waals surface area contributed by atoms with Gasteiger partial charge >= 0.3 is 0 Å². The maximum absolute atomic E-state index is 12.5. The third kappa shape index (κ3) is 4.67. The summed E-state index contributed by atoms with van der Waals surface area (Å²) in [5.41, 5.74) is 1.76. The van der Waals surface area contributed by atoms with Gasteiger partial charge in [0.05, 0.1) is 0 Å². The third-order valence-corrected chi connectivity index (χ3v) is 5.05. The fourth-order valence-corrected chi connectivity index (χ4v) is 3.31. The number of rotatable bonds is 4. The molecule has 0 aliphatic carbocycles. The van der Waals surface area contributed by atoms with Crippen molar-refractivity contribution >= 4 is 33.7 Å². The van der Waals surface area contributed by atoms with Crippen LogP contribution in [0.15, 0.2) is 65.1 Å². The zero-order valence-electron chi connectivity index (χ0n) is 13.9. The van der Waals surface area contributed by atoms with E-state index in [9.17, 15) is 9.59 Å². The number of amides is 1. The first kappa shape index (κ1) is 17.6. The van der Waals surface area contributed by atoms with Gasteiger partial charge in [0, 0.05) is 35.1 Å². The Morgan fingerprint density at radius 2 is 1.60 bits per heavy atom. The number of ketones is 1. The molecular weight excluding hydrogens is 378 g/mol. The fraction of sp³-hybridized carbons (Fsp3) is 0.238. The predicted molar refractivity (Wildman–Crippen MR) is 103 cm³/mol. The molecule has 4 heteroatoms. The topological polar surface area (TPSA) is 37.4 Å². The number of hydrogen-bond donors (Lipinski definition) is 0. The zero-order valence-corrected chi connectivity index (χ0v) is 15.5. The van der Waals surface area contributed by atoms with Gasteiger partial charge in [0.1, 0.15) is 0 Å². The Kier molecular flexibility index (Phi) is 5.82. The zero-order chi connectivity index (χ0) is 17.6. The van der Waals surface area contributed by atoms with Crippen LogP contribution in [0, 0.1) is 5.92 Å². The maximum Gasteiger partial charge on any atom is 0.246 e. The highest BCUT2D eigenvalue weighted by Crippen LogP contribution is 2.22. The standard InChI is InChI=1S/C21H20BrNO2/c22-19-9-6-16(7-10-19)8-11-20(24)23-14-12-18(13-15-23)21(25)17-4-2-1-3-5-17/h1-11,18H,12-15H2. The summed E-state index contributed by atoms with van der Waals surface area (Å²) >= 11 is 3.40. The van der Waals surface area contributed by atoms with Crippen molar-refractivity contribution in [2.75, 3.05) is 13.1 Å². The Morgan fingerprint density at radius 3 is 2.24 bits per heavy atom. The molecule has 0 bridgehead atoms. The average Bonchev–Trinajstić information content (AvgIpc) is 2.67. The molecule has 1 amide bonds. The Hall–Kier alpha value is -2.20. The fourth-order valence-electron chi connectivity index (χ4n) is 3.05. The van der Waals surface area contributed by atoms with Gasteiger partial charge in [-0.05, 0) is 36.6 Å². The van der Waals surface area contributed by atoms with Crippen LogP contribution in [-0.2, 0) is 4.79 Å². The van der Waals surface area contributed by atoms with Crippen LogP contribution in [0.2, 0.25) is 0 Å². The van der Waals surface area contributed by atoms with E-state index in [0.29, 0.717) is 13.1 Å². The number of nitrogens with zero attached hydrogens (tertiary/aromatic N) is 1. The average molecular weight is 398 g/mol. The van der Waals surface area contributed by atoms with E-state index in [1.165, 1.54) is 0 Å². The van der Waals surface area contributed by atoms with E-state index >= 15 is 0 Å². The number of carbonyl (C=O) groups is 2. The van der Waals surface area contributed by atoms with E-state index in [1.54, 1.807) is 6.08 Å². The largest absolute Gasteiger partial charge is 0.339 e. The molecule has 0 atom stereocenters. The molecule has 1 heterocycles. The van der Waals surface area contributed by atoms with Crippen LogP contribution in [0.4, 0.5) is 0 Å². The molecule has 0 saturated carbocycles. The second-order valence-electron chi connectivity index (χ2n) is 6.21. The molecule has 1 saturated heterocycles. The lowest BCUT2D eigenvalue weighted by atomic mass is 9.89. The van der Waals surface area contributed by atoms with E-state index in [4.69, 9.17) is 0 Å². The van der Waals surface area contributed by atoms with Crippen molar-refractivity contribution in [2.24, 2.45) is 5.92 Å². The number of benzene rings is 2. The molecule has 0 unspecified atom stereocenters. The van der Waals surface area contributed by atoms with E-state index in [1.807, 2.05) is 65.6 Å². The molecule has 3 rings (SSSR count). The van der Waals surface area contributed by atoms with E-state index < -0.39 is 0 Å². The summed E-state index contributed by atoms with van der Waals surface area (Å²) in [6, 6.07) is 17.2. The molecule has 0 spiro atoms. The minimum Gasteiger partial charge on any atom is -0.339 e. The Morgan fingerprint density at radius 1 is 0.960 bits per heavy atom. The monoisotopic (exact) mass is 397 g/mol. The number of carbonyl (C=O) groups excluding carboxylic acids is 2. The SMILES string of the molecule is O=C(c1ccccc1)C1CCN(C(=O)C=Cc2ccc(Br)cc2)CC1. The molecule has 2 aromatic rings. The molecule has 0 radical (unpaired) electrons. The first-order valence-electron chi connectivity index (χ1n) is 8.45. The summed E-state index contributed by atoms with van der Waals surface area (Å²) in [6.45, 7) is 1.26. The molecule has 1 aliphatic rings. The van der Waals surface area contributed by atoms with E-state index in [2.05, 4.69) is 15.9 Å². The summed E-state index contributed by atoms with van der Waals surface area (Å²) in [7, 11) is 0. The number of piperidine rings is 1. The van der Waals surface area contributed by atoms with Gasteiger partial charge in [0.25, 0.3) is 0 Å². The van der Waals surface area contributed by atoms with Crippen molar-refractivity contribution in [3.8, 4) is 0 Å². The van der Waals surface area contributed by atoms with Crippen LogP contribution in [0.5, 0.6) is 0 Å². The molecule has 1 fully saturated rings. The van der Waals surface area contributed by atoms with Crippen molar-refractivity contribution in [1.29, 1.82) is 0 Å². The molecule has 25 heavy (non-hydrogen) atoms. The van der Waals surface area contributed by atoms with Gasteiger partial charge in [-0.1, -0.05) is 58.4 Å². The van der Waals surface area contributed by atoms with Crippen LogP contribution in [0.1, 0.15) is 28.8 Å². The Balaban J connectivity index is 1.54. The molecule has 3 nitrogen and oxygen atoms in total. The number of likely N-dealkylation sites (tertiary alicyclic amines) is 1. The number of Topliss-reactive ketones (excluding diaryl/α,β-unsaturated/α-hetero) is 1. The summed E-state index contributed by atoms with van der Waals surface area (Å²) in [4.78, 5) is 26.6. The van der Waals surface area contributed by atoms with Crippen LogP contribution in [0.3, 0.4) is 0 Å². The molecule has 1 aliphatic heterocycles. The highest BCUT2D eigenvalue weighted by molar-refractivity contribution is 9.10. The first-order chi connectivity index (χ1) is 12.1. The van der Waals surface area contributed by atoms with Crippen molar-refractivity contribution in [3.05, 3.63) is 76.3 Å². The van der Waals surface area contributed by atoms with E-state index in [0.717, 1.165) is 28.4 Å². The normalized spacial score (nSPS) is 15.5. The highest BCUT2D eigenvalue weighted by atomic mass is 79.9. The lowest BCUT2D eigenvalue weighted by Crippen LogP contribution is -2.39. The third-order valence-electron chi connectivity index (χ3n) is 4.52. The van der Waals surface area contributed by atoms with E-state index in [-0.39, 0.29) is 17.6 Å². The molecular formula is C21H20BrNO2. The second-order valence-corrected chi connectivity index (χ2v) is 7.13. The molecule has 128 valence electrons. The van der Waals surface area contributed by atoms with Gasteiger partial charge in [-0.25, -0.2) is 0 Å². The molecule has 0 N–H and O–H groups in total. The van der Waals surface area contributed by atoms with Gasteiger partial charge in [-0.2, -0.15) is 0 Å². The molecule has 2 aromatic carbocycles. The summed E-state index contributed by atoms with van der Waals surface area (Å²) < 4.78 is 1.01. The Labute approximate surface area is 156 Å². The second kappa shape index (κ2) is 8.26. The Bertz CT molecular complexity index is 760. The van der Waals surface area contributed by atoms with Crippen molar-refractivity contribution in [3.63, 3.8) is 0 Å². The lowest BCUT2D eigenvalue weighted by molar-refractivity contribution is -0.127. The first-order valence-corrected chi connectivity index (χ1v) is 9.24. The van der Waals surface area contributed by atoms with Gasteiger partial charge < -0.3 is 4.90 Å². The minimum absolute atomic E-state index is 0.00790. The van der Waals surface area contributed by atoms with Crippen molar-refractivity contribution in [1.82, 2.24) is 4.90 Å². The summed E-state index contributed by atoms with van der Waals surface area (Å²) in [5, 5.41) is 0. The summed E-state index contributed by atoms with van der Waals surface area (Å²) in [5.74, 6) is 0.216. The highest BCUT2D eigenvalue weighted by Gasteiger charge is 2.27. The number of hydrogen-bond acceptors (Lipinski definition) is 2. The van der Waals surface area contributed by atoms with Crippen LogP contribution in [-0.4, -0.2) is 29.7 Å². The van der Waals surface area contributed by atoms with Crippen LogP contribution >= 0.6 is 15.9 Å². The van der Waals surface area contributed by atoms with Gasteiger partial charge in [0.15, 0.2) is 5.78 Å². The van der Waals surface area contributed by atoms with Crippen LogP contribution < -0.4 is 0 Å². The minimum atomic E-state index is 0.00790. The predicted octanol–water partition coefficient (Wildman–Crippen LogP) is 4.58. The summed E-state index contributed by atoms with van der Waals surface area (Å²) in [6.07, 6.45) is 4.90. The van der Waals surface area contributed by atoms with Gasteiger partial charge in [-0.15, -0.1) is 0 Å². The van der Waals surface area contributed by atoms with Gasteiger partial charge in [-0.3, -0.25) is 9.59 Å². The lowest BCUT2D eigenvalue weighted by Gasteiger charge is -2.30. The smallest absolute Gasteiger partial charge is 0.246 e. The van der Waals surface area contributed by atoms with Crippen LogP contribution in [0.25, 0.3) is 6.08 Å². The van der Waals surface area contributed by atoms with Crippen molar-refractivity contribution < 1.29 is 9.59 Å². The molecule has 0 aromatic heterocycles. The number of halogens is 1. The van der Waals surface area contributed by atoms with Gasteiger partial charge in [0.2, 0.25) is 5.91 Å². The quantitative estimate of drug-likeness (QED) is 0.558. The maximum atomic E-state index is 12.5. The van der Waals surface area contributed by atoms with Crippen molar-refractivity contribution in [2.45, 2.75) is 12.8 Å².